The summed E-state index contributed by atoms with van der Waals surface area (Å²) in [6.45, 7) is 2.10. The van der Waals surface area contributed by atoms with Gasteiger partial charge in [-0.25, -0.2) is 22.0 Å². The molecule has 3 aromatic carbocycles. The van der Waals surface area contributed by atoms with Crippen LogP contribution in [0.3, 0.4) is 0 Å². The van der Waals surface area contributed by atoms with Crippen LogP contribution in [-0.4, -0.2) is 6.36 Å². The topological polar surface area (TPSA) is 9.23 Å². The van der Waals surface area contributed by atoms with Crippen LogP contribution in [0.1, 0.15) is 49.3 Å². The molecule has 0 amide bonds. The SMILES string of the molecule is CCCCCCc1ccc(/C(F)=C(\F)c2cc(F)c(-c3ccc(OC(F)(F)F)c(F)c3)c(F)c2)cc1. The maximum Gasteiger partial charge on any atom is 0.573 e. The average Bonchev–Trinajstić information content (AvgIpc) is 2.82. The Balaban J connectivity index is 1.85. The van der Waals surface area contributed by atoms with Crippen LogP contribution >= 0.6 is 0 Å². The molecule has 0 saturated heterocycles. The molecule has 0 N–H and O–H groups in total. The number of alkyl halides is 3. The number of benzene rings is 3. The minimum Gasteiger partial charge on any atom is -0.403 e. The van der Waals surface area contributed by atoms with E-state index in [9.17, 15) is 35.1 Å². The van der Waals surface area contributed by atoms with Crippen LogP contribution < -0.4 is 4.74 Å². The Morgan fingerprint density at radius 2 is 1.33 bits per heavy atom. The smallest absolute Gasteiger partial charge is 0.403 e. The van der Waals surface area contributed by atoms with Crippen LogP contribution in [0, 0.1) is 17.5 Å². The maximum atomic E-state index is 14.8. The summed E-state index contributed by atoms with van der Waals surface area (Å²) in [5, 5.41) is 0. The number of rotatable bonds is 9. The molecule has 0 aliphatic carbocycles. The molecule has 1 nitrogen and oxygen atoms in total. The lowest BCUT2D eigenvalue weighted by molar-refractivity contribution is -0.275. The highest BCUT2D eigenvalue weighted by Gasteiger charge is 2.32. The number of ether oxygens (including phenoxy) is 1. The Hall–Kier alpha value is -3.36. The molecule has 0 aliphatic rings. The lowest BCUT2D eigenvalue weighted by Crippen LogP contribution is -2.17. The first-order valence-electron chi connectivity index (χ1n) is 11.2. The Labute approximate surface area is 203 Å². The third-order valence-electron chi connectivity index (χ3n) is 5.46. The van der Waals surface area contributed by atoms with Crippen LogP contribution in [0.5, 0.6) is 5.75 Å². The maximum absolute atomic E-state index is 14.8. The van der Waals surface area contributed by atoms with Gasteiger partial charge in [0, 0.05) is 11.1 Å². The molecule has 192 valence electrons. The van der Waals surface area contributed by atoms with Gasteiger partial charge in [-0.05, 0) is 48.2 Å². The average molecular weight is 514 g/mol. The number of hydrogen-bond acceptors (Lipinski definition) is 1. The van der Waals surface area contributed by atoms with Crippen LogP contribution in [0.2, 0.25) is 0 Å². The molecular formula is C27H22F8O. The van der Waals surface area contributed by atoms with Gasteiger partial charge in [0.2, 0.25) is 0 Å². The molecule has 36 heavy (non-hydrogen) atoms. The summed E-state index contributed by atoms with van der Waals surface area (Å²) < 4.78 is 113. The summed E-state index contributed by atoms with van der Waals surface area (Å²) >= 11 is 0. The highest BCUT2D eigenvalue weighted by molar-refractivity contribution is 5.84. The van der Waals surface area contributed by atoms with Crippen molar-refractivity contribution in [2.24, 2.45) is 0 Å². The van der Waals surface area contributed by atoms with E-state index in [2.05, 4.69) is 11.7 Å². The molecule has 3 rings (SSSR count). The van der Waals surface area contributed by atoms with E-state index in [0.29, 0.717) is 24.3 Å². The normalized spacial score (nSPS) is 12.5. The predicted octanol–water partition coefficient (Wildman–Crippen LogP) is 9.56. The molecule has 0 unspecified atom stereocenters. The van der Waals surface area contributed by atoms with Gasteiger partial charge in [-0.1, -0.05) is 56.5 Å². The van der Waals surface area contributed by atoms with Crippen molar-refractivity contribution in [3.8, 4) is 16.9 Å². The molecule has 0 spiro atoms. The fourth-order valence-corrected chi connectivity index (χ4v) is 3.67. The zero-order chi connectivity index (χ0) is 26.5. The van der Waals surface area contributed by atoms with E-state index < -0.39 is 57.9 Å². The highest BCUT2D eigenvalue weighted by atomic mass is 19.4. The minimum absolute atomic E-state index is 0.114. The van der Waals surface area contributed by atoms with Gasteiger partial charge in [0.1, 0.15) is 11.6 Å². The second-order valence-corrected chi connectivity index (χ2v) is 8.14. The highest BCUT2D eigenvalue weighted by Crippen LogP contribution is 2.35. The monoisotopic (exact) mass is 514 g/mol. The largest absolute Gasteiger partial charge is 0.573 e. The lowest BCUT2D eigenvalue weighted by Gasteiger charge is -2.12. The third kappa shape index (κ3) is 6.86. The molecule has 0 bridgehead atoms. The summed E-state index contributed by atoms with van der Waals surface area (Å²) in [6.07, 6.45) is -0.145. The first-order chi connectivity index (χ1) is 17.0. The summed E-state index contributed by atoms with van der Waals surface area (Å²) in [4.78, 5) is 0. The van der Waals surface area contributed by atoms with Crippen molar-refractivity contribution in [2.75, 3.05) is 0 Å². The number of unbranched alkanes of at least 4 members (excludes halogenated alkanes) is 3. The summed E-state index contributed by atoms with van der Waals surface area (Å²) in [7, 11) is 0. The molecule has 0 aliphatic heterocycles. The number of hydrogen-bond donors (Lipinski definition) is 0. The fraction of sp³-hybridized carbons (Fsp3) is 0.259. The second kappa shape index (κ2) is 11.6. The molecule has 0 heterocycles. The third-order valence-corrected chi connectivity index (χ3v) is 5.46. The van der Waals surface area contributed by atoms with Gasteiger partial charge in [-0.15, -0.1) is 13.2 Å². The Bertz CT molecular complexity index is 1210. The van der Waals surface area contributed by atoms with Crippen LogP contribution in [0.25, 0.3) is 22.8 Å². The fourth-order valence-electron chi connectivity index (χ4n) is 3.67. The molecule has 0 atom stereocenters. The van der Waals surface area contributed by atoms with Gasteiger partial charge >= 0.3 is 6.36 Å². The summed E-state index contributed by atoms with van der Waals surface area (Å²) in [6, 6.07) is 8.90. The van der Waals surface area contributed by atoms with Crippen LogP contribution in [0.15, 0.2) is 54.6 Å². The van der Waals surface area contributed by atoms with E-state index in [1.165, 1.54) is 12.1 Å². The molecule has 0 aromatic heterocycles. The van der Waals surface area contributed by atoms with Crippen molar-refractivity contribution in [2.45, 2.75) is 45.4 Å². The molecule has 9 heteroatoms. The standard InChI is InChI=1S/C27H22F8O/c1-2-3-4-5-6-16-7-9-17(10-8-16)25(31)26(32)19-14-21(29)24(22(30)15-19)18-11-12-23(20(28)13-18)36-27(33,34)35/h7-15H,2-6H2,1H3/b26-25+. The van der Waals surface area contributed by atoms with Gasteiger partial charge in [-0.2, -0.15) is 0 Å². The second-order valence-electron chi connectivity index (χ2n) is 8.14. The van der Waals surface area contributed by atoms with Gasteiger partial charge in [0.05, 0.1) is 5.56 Å². The molecular weight excluding hydrogens is 492 g/mol. The quantitative estimate of drug-likeness (QED) is 0.157. The minimum atomic E-state index is -5.16. The van der Waals surface area contributed by atoms with E-state index >= 15 is 0 Å². The van der Waals surface area contributed by atoms with Crippen LogP contribution in [0.4, 0.5) is 35.1 Å². The van der Waals surface area contributed by atoms with E-state index in [4.69, 9.17) is 0 Å². The summed E-state index contributed by atoms with van der Waals surface area (Å²) in [5.41, 5.74) is -1.17. The number of halogens is 8. The van der Waals surface area contributed by atoms with Crippen LogP contribution in [-0.2, 0) is 6.42 Å². The van der Waals surface area contributed by atoms with Crippen molar-refractivity contribution in [3.05, 3.63) is 88.7 Å². The van der Waals surface area contributed by atoms with Gasteiger partial charge in [0.25, 0.3) is 0 Å². The van der Waals surface area contributed by atoms with Gasteiger partial charge in [0.15, 0.2) is 23.2 Å². The van der Waals surface area contributed by atoms with Crippen molar-refractivity contribution >= 4 is 11.7 Å². The zero-order valence-electron chi connectivity index (χ0n) is 19.2. The Morgan fingerprint density at radius 3 is 1.89 bits per heavy atom. The van der Waals surface area contributed by atoms with E-state index in [1.807, 2.05) is 0 Å². The first-order valence-corrected chi connectivity index (χ1v) is 11.2. The molecule has 0 saturated carbocycles. The van der Waals surface area contributed by atoms with E-state index in [-0.39, 0.29) is 5.56 Å². The summed E-state index contributed by atoms with van der Waals surface area (Å²) in [5.74, 6) is -8.25. The van der Waals surface area contributed by atoms with Crippen molar-refractivity contribution in [3.63, 3.8) is 0 Å². The Morgan fingerprint density at radius 1 is 0.722 bits per heavy atom. The number of aryl methyl sites for hydroxylation is 1. The zero-order valence-corrected chi connectivity index (χ0v) is 19.2. The van der Waals surface area contributed by atoms with Crippen molar-refractivity contribution in [1.29, 1.82) is 0 Å². The predicted molar refractivity (Wildman–Crippen MR) is 122 cm³/mol. The first kappa shape index (κ1) is 27.2. The molecule has 0 fully saturated rings. The van der Waals surface area contributed by atoms with E-state index in [0.717, 1.165) is 43.7 Å². The van der Waals surface area contributed by atoms with Crippen molar-refractivity contribution < 1.29 is 39.9 Å². The van der Waals surface area contributed by atoms with E-state index in [1.54, 1.807) is 12.1 Å². The molecule has 3 aromatic rings. The lowest BCUT2D eigenvalue weighted by atomic mass is 10.00. The van der Waals surface area contributed by atoms with Crippen molar-refractivity contribution in [1.82, 2.24) is 0 Å². The molecule has 0 radical (unpaired) electrons. The van der Waals surface area contributed by atoms with Gasteiger partial charge in [-0.3, -0.25) is 0 Å². The van der Waals surface area contributed by atoms with Gasteiger partial charge < -0.3 is 4.74 Å². The Kier molecular flexibility index (Phi) is 8.76.